The molecule has 0 heterocycles. The van der Waals surface area contributed by atoms with Crippen LogP contribution in [0.25, 0.3) is 0 Å². The second kappa shape index (κ2) is 7.13. The van der Waals surface area contributed by atoms with E-state index in [2.05, 4.69) is 109 Å². The first-order valence-corrected chi connectivity index (χ1v) is 10.0. The van der Waals surface area contributed by atoms with Gasteiger partial charge in [-0.15, -0.1) is 11.5 Å². The van der Waals surface area contributed by atoms with Crippen LogP contribution in [0.15, 0.2) is 91.0 Å². The summed E-state index contributed by atoms with van der Waals surface area (Å²) < 4.78 is 0. The lowest BCUT2D eigenvalue weighted by molar-refractivity contribution is 1.28. The highest BCUT2D eigenvalue weighted by atomic mass is 28.3. The molecule has 0 atom stereocenters. The van der Waals surface area contributed by atoms with E-state index in [0.717, 1.165) is 6.42 Å². The van der Waals surface area contributed by atoms with Crippen molar-refractivity contribution >= 4 is 23.6 Å². The molecule has 0 aliphatic heterocycles. The summed E-state index contributed by atoms with van der Waals surface area (Å²) in [5.41, 5.74) is 3.72. The minimum absolute atomic E-state index is 0.876. The van der Waals surface area contributed by atoms with Crippen molar-refractivity contribution in [1.82, 2.24) is 0 Å². The molecule has 0 aromatic heterocycles. The van der Waals surface area contributed by atoms with Crippen LogP contribution in [0.4, 0.5) is 0 Å². The fourth-order valence-electron chi connectivity index (χ4n) is 3.00. The first-order chi connectivity index (χ1) is 11.4. The Morgan fingerprint density at radius 2 is 0.957 bits per heavy atom. The molecule has 1 heteroatoms. The van der Waals surface area contributed by atoms with Gasteiger partial charge in [-0.1, -0.05) is 97.9 Å². The second-order valence-corrected chi connectivity index (χ2v) is 8.99. The molecule has 0 saturated carbocycles. The molecular weight excluding hydrogens is 292 g/mol. The van der Waals surface area contributed by atoms with Gasteiger partial charge in [-0.2, -0.15) is 0 Å². The number of hydrogen-bond acceptors (Lipinski definition) is 0. The average molecular weight is 312 g/mol. The van der Waals surface area contributed by atoms with Crippen molar-refractivity contribution in [2.45, 2.75) is 13.3 Å². The third-order valence-corrected chi connectivity index (χ3v) is 8.22. The molecule has 0 aliphatic rings. The van der Waals surface area contributed by atoms with Gasteiger partial charge in [-0.3, -0.25) is 0 Å². The van der Waals surface area contributed by atoms with E-state index in [1.165, 1.54) is 15.6 Å². The molecule has 0 nitrogen and oxygen atoms in total. The summed E-state index contributed by atoms with van der Waals surface area (Å²) in [6, 6.07) is 32.4. The number of rotatable bonds is 3. The molecule has 0 unspecified atom stereocenters. The van der Waals surface area contributed by atoms with Gasteiger partial charge in [0.2, 0.25) is 8.07 Å². The molecule has 0 amide bonds. The van der Waals surface area contributed by atoms with Gasteiger partial charge in [-0.05, 0) is 15.6 Å². The SMILES string of the molecule is CCC#C[Si](c1ccccc1)(c1ccccc1)c1ccccc1. The lowest BCUT2D eigenvalue weighted by Crippen LogP contribution is -2.66. The van der Waals surface area contributed by atoms with Gasteiger partial charge in [0.1, 0.15) is 0 Å². The Kier molecular flexibility index (Phi) is 4.76. The predicted octanol–water partition coefficient (Wildman–Crippen LogP) is 3.11. The lowest BCUT2D eigenvalue weighted by atomic mass is 10.3. The van der Waals surface area contributed by atoms with Crippen LogP contribution in [0, 0.1) is 11.5 Å². The summed E-state index contributed by atoms with van der Waals surface area (Å²) in [4.78, 5) is 0. The molecule has 0 N–H and O–H groups in total. The fourth-order valence-corrected chi connectivity index (χ4v) is 6.95. The van der Waals surface area contributed by atoms with Crippen LogP contribution in [-0.2, 0) is 0 Å². The molecule has 23 heavy (non-hydrogen) atoms. The zero-order valence-corrected chi connectivity index (χ0v) is 14.4. The Morgan fingerprint density at radius 1 is 0.609 bits per heavy atom. The van der Waals surface area contributed by atoms with E-state index in [4.69, 9.17) is 0 Å². The average Bonchev–Trinajstić information content (AvgIpc) is 2.65. The van der Waals surface area contributed by atoms with Gasteiger partial charge in [0.15, 0.2) is 0 Å². The van der Waals surface area contributed by atoms with Gasteiger partial charge in [0.05, 0.1) is 0 Å². The molecule has 3 aromatic rings. The Morgan fingerprint density at radius 3 is 1.26 bits per heavy atom. The van der Waals surface area contributed by atoms with Gasteiger partial charge in [-0.25, -0.2) is 0 Å². The highest BCUT2D eigenvalue weighted by molar-refractivity contribution is 7.16. The van der Waals surface area contributed by atoms with E-state index in [-0.39, 0.29) is 0 Å². The maximum absolute atomic E-state index is 3.72. The van der Waals surface area contributed by atoms with Crippen LogP contribution >= 0.6 is 0 Å². The molecule has 0 aliphatic carbocycles. The number of hydrogen-bond donors (Lipinski definition) is 0. The van der Waals surface area contributed by atoms with Crippen molar-refractivity contribution in [3.8, 4) is 11.5 Å². The van der Waals surface area contributed by atoms with E-state index in [0.29, 0.717) is 0 Å². The maximum atomic E-state index is 3.72. The minimum Gasteiger partial charge on any atom is -0.114 e. The predicted molar refractivity (Wildman–Crippen MR) is 102 cm³/mol. The highest BCUT2D eigenvalue weighted by Crippen LogP contribution is 2.07. The zero-order valence-electron chi connectivity index (χ0n) is 13.4. The van der Waals surface area contributed by atoms with Crippen molar-refractivity contribution in [1.29, 1.82) is 0 Å². The molecule has 0 spiro atoms. The molecular formula is C22H20Si. The van der Waals surface area contributed by atoms with Crippen molar-refractivity contribution in [3.05, 3.63) is 91.0 Å². The lowest BCUT2D eigenvalue weighted by Gasteiger charge is -2.28. The van der Waals surface area contributed by atoms with Crippen molar-refractivity contribution in [2.24, 2.45) is 0 Å². The molecule has 0 fully saturated rings. The van der Waals surface area contributed by atoms with Gasteiger partial charge in [0, 0.05) is 6.42 Å². The highest BCUT2D eigenvalue weighted by Gasteiger charge is 2.37. The quantitative estimate of drug-likeness (QED) is 0.396. The normalized spacial score (nSPS) is 10.7. The van der Waals surface area contributed by atoms with Crippen LogP contribution in [0.3, 0.4) is 0 Å². The molecule has 112 valence electrons. The molecule has 3 aromatic carbocycles. The molecule has 0 bridgehead atoms. The van der Waals surface area contributed by atoms with Gasteiger partial charge in [0.25, 0.3) is 0 Å². The van der Waals surface area contributed by atoms with E-state index in [1.807, 2.05) is 0 Å². The largest absolute Gasteiger partial charge is 0.229 e. The summed E-state index contributed by atoms with van der Waals surface area (Å²) in [5.74, 6) is 3.40. The Balaban J connectivity index is 2.35. The molecule has 0 radical (unpaired) electrons. The maximum Gasteiger partial charge on any atom is 0.229 e. The first-order valence-electron chi connectivity index (χ1n) is 8.04. The summed E-state index contributed by atoms with van der Waals surface area (Å²) in [5, 5.41) is 4.04. The van der Waals surface area contributed by atoms with Crippen LogP contribution in [0.5, 0.6) is 0 Å². The summed E-state index contributed by atoms with van der Waals surface area (Å²) in [6.07, 6.45) is 0.876. The Hall–Kier alpha value is -2.56. The zero-order chi connectivity index (χ0) is 16.0. The van der Waals surface area contributed by atoms with Crippen LogP contribution < -0.4 is 15.6 Å². The third kappa shape index (κ3) is 2.99. The smallest absolute Gasteiger partial charge is 0.114 e. The summed E-state index contributed by atoms with van der Waals surface area (Å²) in [7, 11) is -2.31. The van der Waals surface area contributed by atoms with Crippen LogP contribution in [-0.4, -0.2) is 8.07 Å². The van der Waals surface area contributed by atoms with Crippen molar-refractivity contribution in [3.63, 3.8) is 0 Å². The standard InChI is InChI=1S/C22H20Si/c1-2-3-19-23(20-13-7-4-8-14-20,21-15-9-5-10-16-21)22-17-11-6-12-18-22/h4-18H,2H2,1H3. The van der Waals surface area contributed by atoms with Crippen LogP contribution in [0.2, 0.25) is 0 Å². The van der Waals surface area contributed by atoms with Gasteiger partial charge >= 0.3 is 0 Å². The monoisotopic (exact) mass is 312 g/mol. The minimum atomic E-state index is -2.31. The second-order valence-electron chi connectivity index (χ2n) is 5.50. The third-order valence-electron chi connectivity index (χ3n) is 4.07. The van der Waals surface area contributed by atoms with Crippen LogP contribution in [0.1, 0.15) is 13.3 Å². The van der Waals surface area contributed by atoms with E-state index < -0.39 is 8.07 Å². The number of benzene rings is 3. The Labute approximate surface area is 139 Å². The summed E-state index contributed by atoms with van der Waals surface area (Å²) in [6.45, 7) is 2.12. The Bertz CT molecular complexity index is 699. The first kappa shape index (κ1) is 15.3. The van der Waals surface area contributed by atoms with E-state index in [1.54, 1.807) is 0 Å². The van der Waals surface area contributed by atoms with Crippen molar-refractivity contribution in [2.75, 3.05) is 0 Å². The van der Waals surface area contributed by atoms with Gasteiger partial charge < -0.3 is 0 Å². The molecule has 3 rings (SSSR count). The summed E-state index contributed by atoms with van der Waals surface area (Å²) >= 11 is 0. The fraction of sp³-hybridized carbons (Fsp3) is 0.0909. The topological polar surface area (TPSA) is 0 Å². The molecule has 0 saturated heterocycles. The van der Waals surface area contributed by atoms with E-state index >= 15 is 0 Å². The van der Waals surface area contributed by atoms with Crippen molar-refractivity contribution < 1.29 is 0 Å². The van der Waals surface area contributed by atoms with E-state index in [9.17, 15) is 0 Å².